The van der Waals surface area contributed by atoms with Crippen LogP contribution in [0.3, 0.4) is 0 Å². The summed E-state index contributed by atoms with van der Waals surface area (Å²) in [6.07, 6.45) is 1.66. The lowest BCUT2D eigenvalue weighted by atomic mass is 9.95. The van der Waals surface area contributed by atoms with Gasteiger partial charge in [0.2, 0.25) is 0 Å². The fraction of sp³-hybridized carbons (Fsp3) is 0.318. The van der Waals surface area contributed by atoms with Crippen molar-refractivity contribution in [2.75, 3.05) is 20.2 Å². The fourth-order valence-corrected chi connectivity index (χ4v) is 3.58. The van der Waals surface area contributed by atoms with Crippen molar-refractivity contribution in [3.8, 4) is 17.2 Å². The van der Waals surface area contributed by atoms with Crippen molar-refractivity contribution in [2.45, 2.75) is 25.7 Å². The van der Waals surface area contributed by atoms with Crippen LogP contribution in [-0.2, 0) is 0 Å². The molecule has 0 aliphatic carbocycles. The number of methoxy groups -OCH3 is 1. The number of likely N-dealkylation sites (tertiary alicyclic amines) is 1. The summed E-state index contributed by atoms with van der Waals surface area (Å²) in [6.45, 7) is 3.39. The van der Waals surface area contributed by atoms with E-state index in [2.05, 4.69) is 10.1 Å². The smallest absolute Gasteiger partial charge is 0.258 e. The minimum Gasteiger partial charge on any atom is -0.497 e. The van der Waals surface area contributed by atoms with Crippen molar-refractivity contribution in [1.29, 1.82) is 0 Å². The molecule has 0 atom stereocenters. The Morgan fingerprint density at radius 2 is 1.93 bits per heavy atom. The maximum atomic E-state index is 12.7. The average Bonchev–Trinajstić information content (AvgIpc) is 3.24. The van der Waals surface area contributed by atoms with E-state index in [1.165, 1.54) is 0 Å². The van der Waals surface area contributed by atoms with Crippen molar-refractivity contribution in [3.63, 3.8) is 0 Å². The third-order valence-electron chi connectivity index (χ3n) is 5.17. The first-order chi connectivity index (χ1) is 13.6. The Bertz CT molecular complexity index is 974. The number of ether oxygens (including phenoxy) is 1. The molecule has 0 radical (unpaired) electrons. The van der Waals surface area contributed by atoms with Gasteiger partial charge in [0, 0.05) is 30.1 Å². The van der Waals surface area contributed by atoms with Crippen LogP contribution in [0, 0.1) is 6.92 Å². The van der Waals surface area contributed by atoms with Crippen LogP contribution in [0.2, 0.25) is 0 Å². The van der Waals surface area contributed by atoms with E-state index >= 15 is 0 Å². The number of hydrogen-bond acceptors (Lipinski definition) is 5. The van der Waals surface area contributed by atoms with Gasteiger partial charge in [-0.05, 0) is 50.1 Å². The lowest BCUT2D eigenvalue weighted by Gasteiger charge is -2.30. The van der Waals surface area contributed by atoms with E-state index in [9.17, 15) is 4.79 Å². The number of aromatic nitrogens is 2. The topological polar surface area (TPSA) is 68.5 Å². The number of benzene rings is 2. The van der Waals surface area contributed by atoms with E-state index < -0.39 is 0 Å². The number of amides is 1. The van der Waals surface area contributed by atoms with Gasteiger partial charge in [0.15, 0.2) is 5.82 Å². The standard InChI is InChI=1S/C22H23N3O3/c1-15-5-3-7-18(13-15)22(26)25-11-9-16(10-12-25)20-23-21(28-24-20)17-6-4-8-19(14-17)27-2/h3-8,13-14,16H,9-12H2,1-2H3. The summed E-state index contributed by atoms with van der Waals surface area (Å²) < 4.78 is 10.7. The Morgan fingerprint density at radius 3 is 2.68 bits per heavy atom. The largest absolute Gasteiger partial charge is 0.497 e. The van der Waals surface area contributed by atoms with Crippen LogP contribution in [0.4, 0.5) is 0 Å². The van der Waals surface area contributed by atoms with Gasteiger partial charge in [0.25, 0.3) is 11.8 Å². The highest BCUT2D eigenvalue weighted by Crippen LogP contribution is 2.29. The van der Waals surface area contributed by atoms with E-state index in [4.69, 9.17) is 9.26 Å². The molecule has 2 heterocycles. The van der Waals surface area contributed by atoms with E-state index in [0.29, 0.717) is 24.8 Å². The van der Waals surface area contributed by atoms with Crippen LogP contribution >= 0.6 is 0 Å². The molecule has 1 saturated heterocycles. The SMILES string of the molecule is COc1cccc(-c2nc(C3CCN(C(=O)c4cccc(C)c4)CC3)no2)c1. The zero-order valence-electron chi connectivity index (χ0n) is 16.1. The van der Waals surface area contributed by atoms with E-state index in [-0.39, 0.29) is 11.8 Å². The molecule has 1 amide bonds. The minimum absolute atomic E-state index is 0.0901. The molecule has 6 heteroatoms. The molecule has 2 aromatic carbocycles. The van der Waals surface area contributed by atoms with Gasteiger partial charge in [0.05, 0.1) is 7.11 Å². The molecule has 0 N–H and O–H groups in total. The first-order valence-corrected chi connectivity index (χ1v) is 9.48. The van der Waals surface area contributed by atoms with Crippen LogP contribution in [0.5, 0.6) is 5.75 Å². The Morgan fingerprint density at radius 1 is 1.14 bits per heavy atom. The molecule has 0 spiro atoms. The highest BCUT2D eigenvalue weighted by atomic mass is 16.5. The second-order valence-electron chi connectivity index (χ2n) is 7.13. The number of hydrogen-bond donors (Lipinski definition) is 0. The molecule has 6 nitrogen and oxygen atoms in total. The normalized spacial score (nSPS) is 14.9. The van der Waals surface area contributed by atoms with Gasteiger partial charge in [-0.2, -0.15) is 4.98 Å². The highest BCUT2D eigenvalue weighted by Gasteiger charge is 2.27. The first kappa shape index (κ1) is 18.2. The molecule has 1 aromatic heterocycles. The van der Waals surface area contributed by atoms with Crippen LogP contribution in [-0.4, -0.2) is 41.1 Å². The lowest BCUT2D eigenvalue weighted by Crippen LogP contribution is -2.38. The highest BCUT2D eigenvalue weighted by molar-refractivity contribution is 5.94. The van der Waals surface area contributed by atoms with Gasteiger partial charge in [-0.25, -0.2) is 0 Å². The van der Waals surface area contributed by atoms with E-state index in [1.54, 1.807) is 7.11 Å². The molecular weight excluding hydrogens is 354 g/mol. The first-order valence-electron chi connectivity index (χ1n) is 9.48. The van der Waals surface area contributed by atoms with E-state index in [0.717, 1.165) is 35.3 Å². The second-order valence-corrected chi connectivity index (χ2v) is 7.13. The molecule has 1 aliphatic heterocycles. The van der Waals surface area contributed by atoms with Crippen molar-refractivity contribution >= 4 is 5.91 Å². The number of carbonyl (C=O) groups excluding carboxylic acids is 1. The van der Waals surface area contributed by atoms with Crippen molar-refractivity contribution in [1.82, 2.24) is 15.0 Å². The second kappa shape index (κ2) is 7.84. The predicted molar refractivity (Wildman–Crippen MR) is 105 cm³/mol. The average molecular weight is 377 g/mol. The van der Waals surface area contributed by atoms with Crippen LogP contribution in [0.25, 0.3) is 11.5 Å². The number of carbonyl (C=O) groups is 1. The minimum atomic E-state index is 0.0901. The molecular formula is C22H23N3O3. The number of rotatable bonds is 4. The summed E-state index contributed by atoms with van der Waals surface area (Å²) in [5, 5.41) is 4.18. The summed E-state index contributed by atoms with van der Waals surface area (Å²) in [7, 11) is 1.63. The van der Waals surface area contributed by atoms with Gasteiger partial charge in [0.1, 0.15) is 5.75 Å². The molecule has 0 unspecified atom stereocenters. The number of piperidine rings is 1. The number of aryl methyl sites for hydroxylation is 1. The lowest BCUT2D eigenvalue weighted by molar-refractivity contribution is 0.0710. The Labute approximate surface area is 164 Å². The summed E-state index contributed by atoms with van der Waals surface area (Å²) in [5.41, 5.74) is 2.68. The molecule has 4 rings (SSSR count). The zero-order valence-corrected chi connectivity index (χ0v) is 16.1. The van der Waals surface area contributed by atoms with E-state index in [1.807, 2.05) is 60.4 Å². The summed E-state index contributed by atoms with van der Waals surface area (Å²) in [5.74, 6) is 2.24. The number of nitrogens with zero attached hydrogens (tertiary/aromatic N) is 3. The van der Waals surface area contributed by atoms with Gasteiger partial charge < -0.3 is 14.2 Å². The molecule has 0 saturated carbocycles. The summed E-state index contributed by atoms with van der Waals surface area (Å²) >= 11 is 0. The van der Waals surface area contributed by atoms with Gasteiger partial charge in [-0.15, -0.1) is 0 Å². The third-order valence-corrected chi connectivity index (χ3v) is 5.17. The Hall–Kier alpha value is -3.15. The molecule has 3 aromatic rings. The Balaban J connectivity index is 1.41. The van der Waals surface area contributed by atoms with Crippen molar-refractivity contribution in [3.05, 3.63) is 65.5 Å². The van der Waals surface area contributed by atoms with Crippen molar-refractivity contribution in [2.24, 2.45) is 0 Å². The van der Waals surface area contributed by atoms with Crippen LogP contribution in [0.1, 0.15) is 40.5 Å². The maximum Gasteiger partial charge on any atom is 0.258 e. The molecule has 144 valence electrons. The monoisotopic (exact) mass is 377 g/mol. The fourth-order valence-electron chi connectivity index (χ4n) is 3.58. The molecule has 0 bridgehead atoms. The van der Waals surface area contributed by atoms with Gasteiger partial charge in [-0.3, -0.25) is 4.79 Å². The predicted octanol–water partition coefficient (Wildman–Crippen LogP) is 4.07. The quantitative estimate of drug-likeness (QED) is 0.685. The summed E-state index contributed by atoms with van der Waals surface area (Å²) in [4.78, 5) is 19.2. The zero-order chi connectivity index (χ0) is 19.5. The van der Waals surface area contributed by atoms with Gasteiger partial charge >= 0.3 is 0 Å². The van der Waals surface area contributed by atoms with Crippen LogP contribution in [0.15, 0.2) is 53.1 Å². The third kappa shape index (κ3) is 3.76. The maximum absolute atomic E-state index is 12.7. The summed E-state index contributed by atoms with van der Waals surface area (Å²) in [6, 6.07) is 15.3. The Kier molecular flexibility index (Phi) is 5.10. The molecule has 28 heavy (non-hydrogen) atoms. The van der Waals surface area contributed by atoms with Crippen molar-refractivity contribution < 1.29 is 14.1 Å². The molecule has 1 fully saturated rings. The molecule has 1 aliphatic rings. The van der Waals surface area contributed by atoms with Gasteiger partial charge in [-0.1, -0.05) is 28.9 Å². The van der Waals surface area contributed by atoms with Crippen LogP contribution < -0.4 is 4.74 Å².